The van der Waals surface area contributed by atoms with E-state index in [2.05, 4.69) is 38.1 Å². The van der Waals surface area contributed by atoms with E-state index in [0.29, 0.717) is 5.91 Å². The molecule has 1 saturated heterocycles. The molecule has 0 bridgehead atoms. The lowest BCUT2D eigenvalue weighted by atomic mass is 9.88. The van der Waals surface area contributed by atoms with Gasteiger partial charge in [-0.05, 0) is 55.9 Å². The van der Waals surface area contributed by atoms with Gasteiger partial charge in [0.25, 0.3) is 0 Å². The van der Waals surface area contributed by atoms with Gasteiger partial charge in [-0.25, -0.2) is 4.98 Å². The Morgan fingerprint density at radius 2 is 1.73 bits per heavy atom. The fraction of sp³-hybridized carbons (Fsp3) is 0.615. The Morgan fingerprint density at radius 1 is 1.03 bits per heavy atom. The molecule has 2 atom stereocenters. The van der Waals surface area contributed by atoms with Crippen molar-refractivity contribution in [2.75, 3.05) is 13.6 Å². The molecule has 2 aliphatic carbocycles. The van der Waals surface area contributed by atoms with Crippen LogP contribution in [0.25, 0.3) is 10.6 Å². The number of carbonyl (C=O) groups is 1. The van der Waals surface area contributed by atoms with Gasteiger partial charge in [-0.3, -0.25) is 4.79 Å². The first-order valence-electron chi connectivity index (χ1n) is 11.8. The Bertz CT molecular complexity index is 852. The zero-order valence-electron chi connectivity index (χ0n) is 18.8. The molecule has 0 spiro atoms. The molecule has 2 aromatic rings. The maximum absolute atomic E-state index is 12.1. The van der Waals surface area contributed by atoms with E-state index in [0.717, 1.165) is 42.7 Å². The molecule has 2 fully saturated rings. The number of hydrogen-bond acceptors (Lipinski definition) is 3. The van der Waals surface area contributed by atoms with Crippen molar-refractivity contribution in [3.8, 4) is 10.6 Å². The number of aryl methyl sites for hydroxylation is 1. The highest BCUT2D eigenvalue weighted by Gasteiger charge is 2.28. The molecule has 3 aliphatic rings. The Labute approximate surface area is 185 Å². The van der Waals surface area contributed by atoms with Crippen LogP contribution in [0, 0.1) is 17.8 Å². The number of benzene rings is 1. The lowest BCUT2D eigenvalue weighted by Gasteiger charge is -2.18. The third-order valence-corrected chi connectivity index (χ3v) is 8.24. The third kappa shape index (κ3) is 5.14. The number of aromatic nitrogens is 1. The van der Waals surface area contributed by atoms with Gasteiger partial charge < -0.3 is 4.90 Å². The minimum atomic E-state index is 0.160. The van der Waals surface area contributed by atoms with Crippen molar-refractivity contribution in [1.29, 1.82) is 0 Å². The highest BCUT2D eigenvalue weighted by molar-refractivity contribution is 7.15. The van der Waals surface area contributed by atoms with Crippen molar-refractivity contribution in [2.45, 2.75) is 71.6 Å². The summed E-state index contributed by atoms with van der Waals surface area (Å²) in [4.78, 5) is 20.4. The standard InChI is InChI=1S/C21H26N2OS.C5H10/c1-14-4-3-5-19-18(12-14)22-20(25-19)16-8-6-15(7-9-16)13-17-10-11-23(2)21(17)24;1-5-3-2-4-5/h6-9,14,17H,3-5,10-13H2,1-2H3;5H,2-4H2,1H3. The number of fused-ring (bicyclic) bond motifs is 1. The van der Waals surface area contributed by atoms with Crippen molar-refractivity contribution in [1.82, 2.24) is 9.88 Å². The quantitative estimate of drug-likeness (QED) is 0.554. The van der Waals surface area contributed by atoms with Gasteiger partial charge in [0.15, 0.2) is 0 Å². The van der Waals surface area contributed by atoms with Crippen LogP contribution < -0.4 is 0 Å². The SMILES string of the molecule is CC1CCC1.CC1CCCc2sc(-c3ccc(CC4CCN(C)C4=O)cc3)nc2C1. The Kier molecular flexibility index (Phi) is 6.92. The van der Waals surface area contributed by atoms with E-state index < -0.39 is 0 Å². The molecule has 162 valence electrons. The molecule has 5 rings (SSSR count). The molecule has 2 unspecified atom stereocenters. The minimum absolute atomic E-state index is 0.160. The zero-order valence-corrected chi connectivity index (χ0v) is 19.6. The van der Waals surface area contributed by atoms with E-state index in [9.17, 15) is 4.79 Å². The van der Waals surface area contributed by atoms with Gasteiger partial charge in [0, 0.05) is 30.0 Å². The predicted molar refractivity (Wildman–Crippen MR) is 126 cm³/mol. The fourth-order valence-electron chi connectivity index (χ4n) is 4.67. The van der Waals surface area contributed by atoms with Gasteiger partial charge in [0.1, 0.15) is 5.01 Å². The number of nitrogens with zero attached hydrogens (tertiary/aromatic N) is 2. The van der Waals surface area contributed by atoms with E-state index in [1.807, 2.05) is 23.3 Å². The van der Waals surface area contributed by atoms with Gasteiger partial charge in [0.05, 0.1) is 5.69 Å². The van der Waals surface area contributed by atoms with E-state index in [4.69, 9.17) is 4.98 Å². The number of thiazole rings is 1. The van der Waals surface area contributed by atoms with Crippen molar-refractivity contribution < 1.29 is 4.79 Å². The van der Waals surface area contributed by atoms with Crippen molar-refractivity contribution in [3.05, 3.63) is 40.4 Å². The maximum atomic E-state index is 12.1. The van der Waals surface area contributed by atoms with Crippen LogP contribution in [0.4, 0.5) is 0 Å². The lowest BCUT2D eigenvalue weighted by molar-refractivity contribution is -0.129. The van der Waals surface area contributed by atoms with Crippen molar-refractivity contribution in [3.63, 3.8) is 0 Å². The van der Waals surface area contributed by atoms with E-state index in [1.165, 1.54) is 60.2 Å². The van der Waals surface area contributed by atoms with Crippen LogP contribution in [0.3, 0.4) is 0 Å². The van der Waals surface area contributed by atoms with Gasteiger partial charge in [-0.2, -0.15) is 0 Å². The highest BCUT2D eigenvalue weighted by Crippen LogP contribution is 2.34. The molecule has 0 radical (unpaired) electrons. The van der Waals surface area contributed by atoms with Crippen LogP contribution >= 0.6 is 11.3 Å². The first-order valence-corrected chi connectivity index (χ1v) is 12.6. The highest BCUT2D eigenvalue weighted by atomic mass is 32.1. The van der Waals surface area contributed by atoms with E-state index >= 15 is 0 Å². The lowest BCUT2D eigenvalue weighted by Crippen LogP contribution is -2.23. The molecule has 1 amide bonds. The van der Waals surface area contributed by atoms with Crippen molar-refractivity contribution >= 4 is 17.2 Å². The maximum Gasteiger partial charge on any atom is 0.225 e. The van der Waals surface area contributed by atoms with E-state index in [-0.39, 0.29) is 5.92 Å². The summed E-state index contributed by atoms with van der Waals surface area (Å²) in [5.74, 6) is 2.27. The number of carbonyl (C=O) groups excluding carboxylic acids is 1. The molecule has 4 heteroatoms. The van der Waals surface area contributed by atoms with Crippen LogP contribution in [0.15, 0.2) is 24.3 Å². The summed E-state index contributed by atoms with van der Waals surface area (Å²) in [7, 11) is 1.90. The number of amides is 1. The number of rotatable bonds is 3. The predicted octanol–water partition coefficient (Wildman–Crippen LogP) is 6.15. The van der Waals surface area contributed by atoms with Gasteiger partial charge >= 0.3 is 0 Å². The monoisotopic (exact) mass is 424 g/mol. The molecule has 1 aromatic heterocycles. The second kappa shape index (κ2) is 9.64. The molecule has 30 heavy (non-hydrogen) atoms. The van der Waals surface area contributed by atoms with Crippen LogP contribution in [0.5, 0.6) is 0 Å². The summed E-state index contributed by atoms with van der Waals surface area (Å²) in [6.07, 6.45) is 11.2. The Morgan fingerprint density at radius 3 is 2.33 bits per heavy atom. The van der Waals surface area contributed by atoms with Crippen LogP contribution in [0.2, 0.25) is 0 Å². The molecule has 1 aromatic carbocycles. The largest absolute Gasteiger partial charge is 0.345 e. The second-order valence-corrected chi connectivity index (χ2v) is 10.9. The summed E-state index contributed by atoms with van der Waals surface area (Å²) >= 11 is 1.87. The molecular formula is C26H36N2OS. The molecule has 3 nitrogen and oxygen atoms in total. The van der Waals surface area contributed by atoms with Crippen LogP contribution in [0.1, 0.15) is 68.5 Å². The second-order valence-electron chi connectivity index (χ2n) is 9.77. The molecular weight excluding hydrogens is 388 g/mol. The topological polar surface area (TPSA) is 33.2 Å². The van der Waals surface area contributed by atoms with Crippen LogP contribution in [-0.4, -0.2) is 29.4 Å². The normalized spacial score (nSPS) is 24.0. The number of likely N-dealkylation sites (tertiary alicyclic amines) is 1. The smallest absolute Gasteiger partial charge is 0.225 e. The molecule has 0 N–H and O–H groups in total. The van der Waals surface area contributed by atoms with Crippen LogP contribution in [-0.2, 0) is 24.1 Å². The van der Waals surface area contributed by atoms with Crippen molar-refractivity contribution in [2.24, 2.45) is 17.8 Å². The summed E-state index contributed by atoms with van der Waals surface area (Å²) in [6, 6.07) is 8.71. The summed E-state index contributed by atoms with van der Waals surface area (Å²) in [6.45, 7) is 5.54. The fourth-order valence-corrected chi connectivity index (χ4v) is 5.81. The Hall–Kier alpha value is -1.68. The first kappa shape index (κ1) is 21.5. The van der Waals surface area contributed by atoms with Gasteiger partial charge in [-0.15, -0.1) is 11.3 Å². The molecule has 2 heterocycles. The number of hydrogen-bond donors (Lipinski definition) is 0. The Balaban J connectivity index is 0.000000383. The molecule has 1 aliphatic heterocycles. The average Bonchev–Trinajstić information content (AvgIpc) is 3.20. The van der Waals surface area contributed by atoms with Gasteiger partial charge in [-0.1, -0.05) is 57.4 Å². The van der Waals surface area contributed by atoms with E-state index in [1.54, 1.807) is 0 Å². The average molecular weight is 425 g/mol. The third-order valence-electron chi connectivity index (χ3n) is 7.04. The minimum Gasteiger partial charge on any atom is -0.345 e. The summed E-state index contributed by atoms with van der Waals surface area (Å²) < 4.78 is 0. The van der Waals surface area contributed by atoms with Gasteiger partial charge in [0.2, 0.25) is 5.91 Å². The zero-order chi connectivity index (χ0) is 21.1. The summed E-state index contributed by atoms with van der Waals surface area (Å²) in [5.41, 5.74) is 3.79. The first-order chi connectivity index (χ1) is 14.5. The molecule has 1 saturated carbocycles. The summed E-state index contributed by atoms with van der Waals surface area (Å²) in [5, 5.41) is 1.15.